The minimum Gasteiger partial charge on any atom is -0.388 e. The fourth-order valence-corrected chi connectivity index (χ4v) is 3.24. The van der Waals surface area contributed by atoms with Gasteiger partial charge < -0.3 is 19.3 Å². The maximum absolute atomic E-state index is 10.2. The zero-order valence-electron chi connectivity index (χ0n) is 13.8. The molecule has 0 radical (unpaired) electrons. The number of methoxy groups -OCH3 is 1. The van der Waals surface area contributed by atoms with E-state index in [1.165, 1.54) is 0 Å². The summed E-state index contributed by atoms with van der Waals surface area (Å²) in [5.41, 5.74) is 1.13. The lowest BCUT2D eigenvalue weighted by Crippen LogP contribution is -2.61. The van der Waals surface area contributed by atoms with Gasteiger partial charge in [-0.25, -0.2) is 0 Å². The highest BCUT2D eigenvalue weighted by molar-refractivity contribution is 5.14. The van der Waals surface area contributed by atoms with E-state index in [1.807, 2.05) is 49.2 Å². The van der Waals surface area contributed by atoms with Crippen LogP contribution in [0.2, 0.25) is 0 Å². The number of hydrogen-bond donors (Lipinski definition) is 1. The summed E-state index contributed by atoms with van der Waals surface area (Å²) in [7, 11) is 1.61. The van der Waals surface area contributed by atoms with Crippen molar-refractivity contribution < 1.29 is 24.2 Å². The topological polar surface area (TPSA) is 60.4 Å². The van der Waals surface area contributed by atoms with Gasteiger partial charge in [-0.2, -0.15) is 5.06 Å². The van der Waals surface area contributed by atoms with Crippen molar-refractivity contribution in [3.05, 3.63) is 35.9 Å². The molecule has 3 rings (SSSR count). The molecule has 1 aromatic carbocycles. The molecular formula is C17H25NO5. The number of hydrogen-bond acceptors (Lipinski definition) is 6. The van der Waals surface area contributed by atoms with E-state index in [0.29, 0.717) is 13.2 Å². The van der Waals surface area contributed by atoms with Crippen LogP contribution >= 0.6 is 0 Å². The molecular weight excluding hydrogens is 298 g/mol. The molecule has 23 heavy (non-hydrogen) atoms. The molecule has 0 bridgehead atoms. The second-order valence-electron chi connectivity index (χ2n) is 6.48. The van der Waals surface area contributed by atoms with Crippen LogP contribution in [0.1, 0.15) is 19.4 Å². The van der Waals surface area contributed by atoms with Crippen LogP contribution in [0, 0.1) is 0 Å². The predicted octanol–water partition coefficient (Wildman–Crippen LogP) is 1.33. The van der Waals surface area contributed by atoms with Gasteiger partial charge in [-0.1, -0.05) is 30.3 Å². The van der Waals surface area contributed by atoms with Crippen molar-refractivity contribution in [3.8, 4) is 0 Å². The molecule has 0 aliphatic carbocycles. The number of rotatable bonds is 4. The summed E-state index contributed by atoms with van der Waals surface area (Å²) in [6.07, 6.45) is -1.31. The molecule has 0 unspecified atom stereocenters. The molecule has 2 saturated heterocycles. The molecule has 0 saturated carbocycles. The Bertz CT molecular complexity index is 509. The number of nitrogens with zero attached hydrogens (tertiary/aromatic N) is 1. The van der Waals surface area contributed by atoms with Gasteiger partial charge in [0.2, 0.25) is 0 Å². The van der Waals surface area contributed by atoms with Crippen molar-refractivity contribution in [1.82, 2.24) is 5.06 Å². The fraction of sp³-hybridized carbons (Fsp3) is 0.647. The Balaban J connectivity index is 1.81. The van der Waals surface area contributed by atoms with Crippen molar-refractivity contribution in [2.45, 2.75) is 50.5 Å². The molecule has 2 fully saturated rings. The SMILES string of the molecule is CO[C@@H]1[C@H]([C@H]2COC(C)(C)O2)N(Cc2ccccc2)OC[C@H]1O. The van der Waals surface area contributed by atoms with Gasteiger partial charge in [0, 0.05) is 13.7 Å². The van der Waals surface area contributed by atoms with Crippen LogP contribution in [-0.4, -0.2) is 60.6 Å². The maximum Gasteiger partial charge on any atom is 0.163 e. The molecule has 4 atom stereocenters. The lowest BCUT2D eigenvalue weighted by atomic mass is 9.98. The van der Waals surface area contributed by atoms with Crippen LogP contribution in [0.5, 0.6) is 0 Å². The second-order valence-corrected chi connectivity index (χ2v) is 6.48. The molecule has 2 aliphatic heterocycles. The van der Waals surface area contributed by atoms with Gasteiger partial charge in [0.25, 0.3) is 0 Å². The Morgan fingerprint density at radius 2 is 2.00 bits per heavy atom. The smallest absolute Gasteiger partial charge is 0.163 e. The average molecular weight is 323 g/mol. The van der Waals surface area contributed by atoms with E-state index in [1.54, 1.807) is 7.11 Å². The number of benzene rings is 1. The fourth-order valence-electron chi connectivity index (χ4n) is 3.24. The largest absolute Gasteiger partial charge is 0.388 e. The molecule has 0 spiro atoms. The second kappa shape index (κ2) is 6.84. The van der Waals surface area contributed by atoms with E-state index in [2.05, 4.69) is 0 Å². The van der Waals surface area contributed by atoms with E-state index in [-0.39, 0.29) is 18.8 Å². The Kier molecular flexibility index (Phi) is 5.01. The van der Waals surface area contributed by atoms with E-state index in [9.17, 15) is 5.11 Å². The summed E-state index contributed by atoms with van der Waals surface area (Å²) in [5.74, 6) is -0.635. The van der Waals surface area contributed by atoms with E-state index >= 15 is 0 Å². The van der Waals surface area contributed by atoms with Crippen LogP contribution in [0.15, 0.2) is 30.3 Å². The van der Waals surface area contributed by atoms with Gasteiger partial charge in [-0.3, -0.25) is 4.84 Å². The molecule has 2 heterocycles. The van der Waals surface area contributed by atoms with E-state index in [0.717, 1.165) is 5.56 Å². The highest BCUT2D eigenvalue weighted by atomic mass is 16.8. The summed E-state index contributed by atoms with van der Waals surface area (Å²) in [6, 6.07) is 9.82. The van der Waals surface area contributed by atoms with Crippen molar-refractivity contribution in [2.24, 2.45) is 0 Å². The van der Waals surface area contributed by atoms with Crippen molar-refractivity contribution >= 4 is 0 Å². The Labute approximate surface area is 136 Å². The molecule has 0 aromatic heterocycles. The molecule has 6 nitrogen and oxygen atoms in total. The first kappa shape index (κ1) is 16.8. The van der Waals surface area contributed by atoms with Crippen LogP contribution < -0.4 is 0 Å². The van der Waals surface area contributed by atoms with Crippen molar-refractivity contribution in [3.63, 3.8) is 0 Å². The predicted molar refractivity (Wildman–Crippen MR) is 83.4 cm³/mol. The average Bonchev–Trinajstić information content (AvgIpc) is 2.89. The third kappa shape index (κ3) is 3.74. The zero-order valence-corrected chi connectivity index (χ0v) is 13.8. The number of aliphatic hydroxyl groups is 1. The third-order valence-electron chi connectivity index (χ3n) is 4.32. The number of hydroxylamine groups is 2. The summed E-state index contributed by atoms with van der Waals surface area (Å²) >= 11 is 0. The molecule has 6 heteroatoms. The monoisotopic (exact) mass is 323 g/mol. The van der Waals surface area contributed by atoms with Crippen LogP contribution in [0.3, 0.4) is 0 Å². The maximum atomic E-state index is 10.2. The summed E-state index contributed by atoms with van der Waals surface area (Å²) in [4.78, 5) is 5.79. The summed E-state index contributed by atoms with van der Waals surface area (Å²) in [6.45, 7) is 5.02. The van der Waals surface area contributed by atoms with Crippen LogP contribution in [-0.2, 0) is 25.6 Å². The number of ether oxygens (including phenoxy) is 3. The standard InChI is InChI=1S/C17H25NO5/c1-17(2)21-11-14(23-17)15-16(20-3)13(19)10-22-18(15)9-12-7-5-4-6-8-12/h4-8,13-16,19H,9-11H2,1-3H3/t13-,14-,15+,16+/m1/s1. The Morgan fingerprint density at radius 1 is 1.26 bits per heavy atom. The van der Waals surface area contributed by atoms with E-state index in [4.69, 9.17) is 19.0 Å². The molecule has 128 valence electrons. The Hall–Kier alpha value is -1.02. The van der Waals surface area contributed by atoms with Gasteiger partial charge in [0.1, 0.15) is 18.3 Å². The van der Waals surface area contributed by atoms with Crippen LogP contribution in [0.4, 0.5) is 0 Å². The van der Waals surface area contributed by atoms with Crippen molar-refractivity contribution in [1.29, 1.82) is 0 Å². The lowest BCUT2D eigenvalue weighted by Gasteiger charge is -2.44. The minimum absolute atomic E-state index is 0.207. The third-order valence-corrected chi connectivity index (χ3v) is 4.32. The Morgan fingerprint density at radius 3 is 2.61 bits per heavy atom. The highest BCUT2D eigenvalue weighted by Gasteiger charge is 2.48. The normalized spacial score (nSPS) is 34.6. The first-order valence-corrected chi connectivity index (χ1v) is 7.96. The summed E-state index contributed by atoms with van der Waals surface area (Å²) < 4.78 is 17.3. The van der Waals surface area contributed by atoms with Gasteiger partial charge in [0.15, 0.2) is 5.79 Å². The molecule has 1 aromatic rings. The highest BCUT2D eigenvalue weighted by Crippen LogP contribution is 2.32. The molecule has 1 N–H and O–H groups in total. The zero-order chi connectivity index (χ0) is 16.4. The lowest BCUT2D eigenvalue weighted by molar-refractivity contribution is -0.300. The molecule has 0 amide bonds. The summed E-state index contributed by atoms with van der Waals surface area (Å²) in [5, 5.41) is 12.1. The van der Waals surface area contributed by atoms with Crippen LogP contribution in [0.25, 0.3) is 0 Å². The van der Waals surface area contributed by atoms with Crippen molar-refractivity contribution in [2.75, 3.05) is 20.3 Å². The van der Waals surface area contributed by atoms with Gasteiger partial charge in [-0.05, 0) is 19.4 Å². The van der Waals surface area contributed by atoms with Gasteiger partial charge in [-0.15, -0.1) is 0 Å². The minimum atomic E-state index is -0.690. The first-order chi connectivity index (χ1) is 11.0. The van der Waals surface area contributed by atoms with Gasteiger partial charge >= 0.3 is 0 Å². The van der Waals surface area contributed by atoms with Gasteiger partial charge in [0.05, 0.1) is 19.3 Å². The van der Waals surface area contributed by atoms with E-state index < -0.39 is 18.0 Å². The molecule has 2 aliphatic rings. The number of aliphatic hydroxyl groups excluding tert-OH is 1. The quantitative estimate of drug-likeness (QED) is 0.902. The first-order valence-electron chi connectivity index (χ1n) is 7.96.